The van der Waals surface area contributed by atoms with Crippen LogP contribution in [0.15, 0.2) is 0 Å². The lowest BCUT2D eigenvalue weighted by molar-refractivity contribution is -0.124. The van der Waals surface area contributed by atoms with E-state index in [9.17, 15) is 4.79 Å². The summed E-state index contributed by atoms with van der Waals surface area (Å²) in [5.41, 5.74) is 5.26. The highest BCUT2D eigenvalue weighted by molar-refractivity contribution is 5.84. The number of amides is 1. The average Bonchev–Trinajstić information content (AvgIpc) is 2.43. The third-order valence-corrected chi connectivity index (χ3v) is 3.45. The van der Waals surface area contributed by atoms with Gasteiger partial charge in [0, 0.05) is 19.1 Å². The van der Waals surface area contributed by atoms with E-state index >= 15 is 0 Å². The van der Waals surface area contributed by atoms with Gasteiger partial charge >= 0.3 is 0 Å². The lowest BCUT2D eigenvalue weighted by Crippen LogP contribution is -2.61. The van der Waals surface area contributed by atoms with E-state index in [1.54, 1.807) is 0 Å². The predicted octanol–water partition coefficient (Wildman–Crippen LogP) is 0.960. The molecule has 1 heterocycles. The van der Waals surface area contributed by atoms with Crippen LogP contribution in [0, 0.1) is 5.41 Å². The van der Waals surface area contributed by atoms with Crippen LogP contribution < -0.4 is 11.1 Å². The molecular weight excluding hydrogens is 214 g/mol. The number of hydrogen-bond acceptors (Lipinski definition) is 3. The van der Waals surface area contributed by atoms with Crippen molar-refractivity contribution in [2.45, 2.75) is 52.6 Å². The van der Waals surface area contributed by atoms with Crippen molar-refractivity contribution in [3.05, 3.63) is 0 Å². The molecule has 4 heteroatoms. The largest absolute Gasteiger partial charge is 0.368 e. The maximum atomic E-state index is 11.6. The first-order valence-electron chi connectivity index (χ1n) is 6.45. The van der Waals surface area contributed by atoms with Gasteiger partial charge in [-0.1, -0.05) is 13.8 Å². The van der Waals surface area contributed by atoms with E-state index in [4.69, 9.17) is 5.73 Å². The molecule has 0 aromatic rings. The van der Waals surface area contributed by atoms with Gasteiger partial charge in [-0.3, -0.25) is 4.79 Å². The molecule has 0 aliphatic carbocycles. The van der Waals surface area contributed by atoms with Crippen LogP contribution in [-0.2, 0) is 4.79 Å². The molecule has 1 fully saturated rings. The molecule has 1 amide bonds. The molecule has 3 N–H and O–H groups in total. The minimum atomic E-state index is -0.630. The molecule has 17 heavy (non-hydrogen) atoms. The fourth-order valence-electron chi connectivity index (χ4n) is 2.64. The Balaban J connectivity index is 2.65. The van der Waals surface area contributed by atoms with Gasteiger partial charge < -0.3 is 16.0 Å². The van der Waals surface area contributed by atoms with Gasteiger partial charge in [-0.25, -0.2) is 0 Å². The van der Waals surface area contributed by atoms with E-state index in [2.05, 4.69) is 24.1 Å². The van der Waals surface area contributed by atoms with Crippen LogP contribution in [0.4, 0.5) is 0 Å². The Kier molecular flexibility index (Phi) is 4.20. The molecule has 1 unspecified atom stereocenters. The summed E-state index contributed by atoms with van der Waals surface area (Å²) < 4.78 is 0. The molecule has 0 spiro atoms. The summed E-state index contributed by atoms with van der Waals surface area (Å²) in [7, 11) is 0. The first-order valence-corrected chi connectivity index (χ1v) is 6.45. The van der Waals surface area contributed by atoms with E-state index in [1.165, 1.54) is 6.42 Å². The summed E-state index contributed by atoms with van der Waals surface area (Å²) >= 11 is 0. The average molecular weight is 241 g/mol. The number of nitrogens with one attached hydrogen (secondary N) is 1. The zero-order valence-corrected chi connectivity index (χ0v) is 11.8. The highest BCUT2D eigenvalue weighted by atomic mass is 16.1. The molecule has 1 aliphatic rings. The van der Waals surface area contributed by atoms with Crippen LogP contribution >= 0.6 is 0 Å². The number of carbonyl (C=O) groups is 1. The van der Waals surface area contributed by atoms with Gasteiger partial charge in [0.25, 0.3) is 0 Å². The minimum Gasteiger partial charge on any atom is -0.368 e. The summed E-state index contributed by atoms with van der Waals surface area (Å²) in [4.78, 5) is 14.0. The number of rotatable bonds is 5. The summed E-state index contributed by atoms with van der Waals surface area (Å²) in [6.07, 6.45) is 1.18. The molecule has 0 aromatic heterocycles. The highest BCUT2D eigenvalue weighted by Crippen LogP contribution is 2.29. The number of likely N-dealkylation sites (tertiary alicyclic amines) is 1. The SMILES string of the molecule is CC(C)NC(C)(CN1CCC(C)(C)C1)C(N)=O. The van der Waals surface area contributed by atoms with Crippen molar-refractivity contribution in [1.29, 1.82) is 0 Å². The van der Waals surface area contributed by atoms with Crippen molar-refractivity contribution in [2.24, 2.45) is 11.1 Å². The Bertz CT molecular complexity index is 288. The molecule has 1 aliphatic heterocycles. The van der Waals surface area contributed by atoms with E-state index in [1.807, 2.05) is 20.8 Å². The quantitative estimate of drug-likeness (QED) is 0.754. The molecule has 0 saturated carbocycles. The first kappa shape index (κ1) is 14.5. The van der Waals surface area contributed by atoms with Crippen LogP contribution in [0.1, 0.15) is 41.0 Å². The molecule has 0 bridgehead atoms. The molecule has 0 aromatic carbocycles. The van der Waals surface area contributed by atoms with Gasteiger partial charge in [0.15, 0.2) is 0 Å². The van der Waals surface area contributed by atoms with Crippen molar-refractivity contribution in [3.63, 3.8) is 0 Å². The standard InChI is InChI=1S/C13H27N3O/c1-10(2)15-13(5,11(14)17)9-16-7-6-12(3,4)8-16/h10,15H,6-9H2,1-5H3,(H2,14,17). The number of primary amides is 1. The third-order valence-electron chi connectivity index (χ3n) is 3.45. The van der Waals surface area contributed by atoms with Gasteiger partial charge in [-0.2, -0.15) is 0 Å². The molecular formula is C13H27N3O. The highest BCUT2D eigenvalue weighted by Gasteiger charge is 2.37. The van der Waals surface area contributed by atoms with E-state index in [-0.39, 0.29) is 11.9 Å². The second kappa shape index (κ2) is 4.94. The number of carbonyl (C=O) groups excluding carboxylic acids is 1. The molecule has 1 atom stereocenters. The van der Waals surface area contributed by atoms with Crippen LogP contribution in [0.25, 0.3) is 0 Å². The van der Waals surface area contributed by atoms with E-state index in [0.717, 1.165) is 13.1 Å². The third kappa shape index (κ3) is 3.96. The van der Waals surface area contributed by atoms with Gasteiger partial charge in [0.05, 0.1) is 0 Å². The van der Waals surface area contributed by atoms with Crippen molar-refractivity contribution >= 4 is 5.91 Å². The van der Waals surface area contributed by atoms with Crippen molar-refractivity contribution in [2.75, 3.05) is 19.6 Å². The summed E-state index contributed by atoms with van der Waals surface area (Å²) in [5, 5.41) is 3.29. The van der Waals surface area contributed by atoms with Gasteiger partial charge in [-0.05, 0) is 39.2 Å². The Morgan fingerprint density at radius 1 is 1.53 bits per heavy atom. The maximum absolute atomic E-state index is 11.6. The predicted molar refractivity (Wildman–Crippen MR) is 70.7 cm³/mol. The van der Waals surface area contributed by atoms with Gasteiger partial charge in [0.2, 0.25) is 5.91 Å². The van der Waals surface area contributed by atoms with Crippen molar-refractivity contribution in [1.82, 2.24) is 10.2 Å². The van der Waals surface area contributed by atoms with Gasteiger partial charge in [0.1, 0.15) is 5.54 Å². The number of nitrogens with zero attached hydrogens (tertiary/aromatic N) is 1. The first-order chi connectivity index (χ1) is 7.65. The molecule has 4 nitrogen and oxygen atoms in total. The minimum absolute atomic E-state index is 0.253. The molecule has 1 rings (SSSR count). The topological polar surface area (TPSA) is 58.4 Å². The Hall–Kier alpha value is -0.610. The van der Waals surface area contributed by atoms with Crippen LogP contribution in [0.2, 0.25) is 0 Å². The fraction of sp³-hybridized carbons (Fsp3) is 0.923. The zero-order valence-electron chi connectivity index (χ0n) is 11.8. The molecule has 100 valence electrons. The zero-order chi connectivity index (χ0) is 13.3. The summed E-state index contributed by atoms with van der Waals surface area (Å²) in [6.45, 7) is 13.3. The van der Waals surface area contributed by atoms with Gasteiger partial charge in [-0.15, -0.1) is 0 Å². The van der Waals surface area contributed by atoms with Crippen LogP contribution in [-0.4, -0.2) is 42.0 Å². The van der Waals surface area contributed by atoms with Crippen molar-refractivity contribution < 1.29 is 4.79 Å². The monoisotopic (exact) mass is 241 g/mol. The molecule has 0 radical (unpaired) electrons. The lowest BCUT2D eigenvalue weighted by atomic mass is 9.93. The number of nitrogens with two attached hydrogens (primary N) is 1. The smallest absolute Gasteiger partial charge is 0.238 e. The second-order valence-electron chi connectivity index (χ2n) is 6.62. The Morgan fingerprint density at radius 3 is 2.47 bits per heavy atom. The lowest BCUT2D eigenvalue weighted by Gasteiger charge is -2.34. The number of hydrogen-bond donors (Lipinski definition) is 2. The Labute approximate surface area is 105 Å². The molecule has 1 saturated heterocycles. The fourth-order valence-corrected chi connectivity index (χ4v) is 2.64. The second-order valence-corrected chi connectivity index (χ2v) is 6.62. The maximum Gasteiger partial charge on any atom is 0.238 e. The summed E-state index contributed by atoms with van der Waals surface area (Å²) in [5.74, 6) is -0.268. The van der Waals surface area contributed by atoms with E-state index < -0.39 is 5.54 Å². The van der Waals surface area contributed by atoms with Crippen LogP contribution in [0.5, 0.6) is 0 Å². The van der Waals surface area contributed by atoms with E-state index in [0.29, 0.717) is 12.0 Å². The van der Waals surface area contributed by atoms with Crippen molar-refractivity contribution in [3.8, 4) is 0 Å². The Morgan fingerprint density at radius 2 is 2.12 bits per heavy atom. The normalized spacial score (nSPS) is 23.9. The summed E-state index contributed by atoms with van der Waals surface area (Å²) in [6, 6.07) is 0.253. The van der Waals surface area contributed by atoms with Crippen LogP contribution in [0.3, 0.4) is 0 Å².